The van der Waals surface area contributed by atoms with Crippen molar-refractivity contribution in [1.29, 1.82) is 0 Å². The summed E-state index contributed by atoms with van der Waals surface area (Å²) >= 11 is 1.43. The van der Waals surface area contributed by atoms with E-state index in [2.05, 4.69) is 10.1 Å². The van der Waals surface area contributed by atoms with Crippen molar-refractivity contribution in [3.8, 4) is 17.1 Å². The summed E-state index contributed by atoms with van der Waals surface area (Å²) < 4.78 is 10.4. The summed E-state index contributed by atoms with van der Waals surface area (Å²) in [7, 11) is 3.27. The molecule has 0 atom stereocenters. The van der Waals surface area contributed by atoms with Gasteiger partial charge in [0, 0.05) is 30.5 Å². The number of nitro benzene ring substituents is 1. The molecular formula is C20H20N4O5S. The summed E-state index contributed by atoms with van der Waals surface area (Å²) in [5, 5.41) is 14.6. The lowest BCUT2D eigenvalue weighted by Crippen LogP contribution is -2.28. The van der Waals surface area contributed by atoms with E-state index in [9.17, 15) is 14.9 Å². The Hall–Kier alpha value is -3.40. The van der Waals surface area contributed by atoms with Crippen LogP contribution in [0.4, 0.5) is 5.69 Å². The molecule has 30 heavy (non-hydrogen) atoms. The van der Waals surface area contributed by atoms with Crippen LogP contribution in [-0.4, -0.2) is 45.8 Å². The van der Waals surface area contributed by atoms with Gasteiger partial charge in [-0.05, 0) is 29.8 Å². The van der Waals surface area contributed by atoms with E-state index in [0.717, 1.165) is 16.9 Å². The number of benzene rings is 2. The number of ether oxygens (including phenoxy) is 1. The maximum Gasteiger partial charge on any atom is 0.269 e. The van der Waals surface area contributed by atoms with E-state index in [0.29, 0.717) is 17.5 Å². The molecule has 0 radical (unpaired) electrons. The van der Waals surface area contributed by atoms with Crippen molar-refractivity contribution in [2.45, 2.75) is 12.3 Å². The normalized spacial score (nSPS) is 10.6. The van der Waals surface area contributed by atoms with Crippen molar-refractivity contribution in [2.75, 3.05) is 19.9 Å². The number of methoxy groups -OCH3 is 1. The average molecular weight is 428 g/mol. The first-order chi connectivity index (χ1) is 14.5. The Labute approximate surface area is 177 Å². The van der Waals surface area contributed by atoms with E-state index < -0.39 is 4.92 Å². The van der Waals surface area contributed by atoms with Crippen molar-refractivity contribution in [1.82, 2.24) is 15.0 Å². The predicted octanol–water partition coefficient (Wildman–Crippen LogP) is 3.55. The third kappa shape index (κ3) is 5.57. The van der Waals surface area contributed by atoms with E-state index in [-0.39, 0.29) is 23.9 Å². The SMILES string of the molecule is COc1ccc(-c2noc(CN(C)C(=O)CSCc3ccc([N+](=O)[O-])cc3)n2)cc1. The van der Waals surface area contributed by atoms with Crippen LogP contribution >= 0.6 is 11.8 Å². The summed E-state index contributed by atoms with van der Waals surface area (Å²) in [4.78, 5) is 28.4. The number of hydrogen-bond acceptors (Lipinski definition) is 8. The molecule has 0 spiro atoms. The molecule has 0 aliphatic carbocycles. The molecule has 0 saturated carbocycles. The third-order valence-electron chi connectivity index (χ3n) is 4.26. The second-order valence-electron chi connectivity index (χ2n) is 6.41. The molecule has 0 fully saturated rings. The topological polar surface area (TPSA) is 112 Å². The second kappa shape index (κ2) is 9.88. The lowest BCUT2D eigenvalue weighted by molar-refractivity contribution is -0.384. The molecule has 0 aliphatic rings. The lowest BCUT2D eigenvalue weighted by atomic mass is 10.2. The number of hydrogen-bond donors (Lipinski definition) is 0. The molecule has 10 heteroatoms. The molecule has 0 N–H and O–H groups in total. The van der Waals surface area contributed by atoms with E-state index in [1.165, 1.54) is 28.8 Å². The van der Waals surface area contributed by atoms with Gasteiger partial charge in [-0.2, -0.15) is 4.98 Å². The van der Waals surface area contributed by atoms with Crippen molar-refractivity contribution in [3.63, 3.8) is 0 Å². The lowest BCUT2D eigenvalue weighted by Gasteiger charge is -2.14. The standard InChI is InChI=1S/C20H20N4O5S/c1-23(19(25)13-30-12-14-3-7-16(8-4-14)24(26)27)11-18-21-20(22-29-18)15-5-9-17(28-2)10-6-15/h3-10H,11-13H2,1-2H3. The zero-order chi connectivity index (χ0) is 21.5. The molecule has 0 unspecified atom stereocenters. The van der Waals surface area contributed by atoms with E-state index in [1.807, 2.05) is 24.3 Å². The Kier molecular flexibility index (Phi) is 7.02. The van der Waals surface area contributed by atoms with Crippen LogP contribution in [0.1, 0.15) is 11.5 Å². The van der Waals surface area contributed by atoms with Gasteiger partial charge in [-0.15, -0.1) is 11.8 Å². The highest BCUT2D eigenvalue weighted by atomic mass is 32.2. The predicted molar refractivity (Wildman–Crippen MR) is 112 cm³/mol. The Morgan fingerprint density at radius 3 is 2.53 bits per heavy atom. The first kappa shape index (κ1) is 21.3. The van der Waals surface area contributed by atoms with E-state index >= 15 is 0 Å². The Morgan fingerprint density at radius 1 is 1.20 bits per heavy atom. The maximum atomic E-state index is 12.3. The highest BCUT2D eigenvalue weighted by Crippen LogP contribution is 2.20. The summed E-state index contributed by atoms with van der Waals surface area (Å²) in [6.45, 7) is 0.208. The van der Waals surface area contributed by atoms with Crippen molar-refractivity contribution in [2.24, 2.45) is 0 Å². The monoisotopic (exact) mass is 428 g/mol. The van der Waals surface area contributed by atoms with Gasteiger partial charge in [0.05, 0.1) is 24.3 Å². The zero-order valence-electron chi connectivity index (χ0n) is 16.5. The van der Waals surface area contributed by atoms with Crippen LogP contribution < -0.4 is 4.74 Å². The molecular weight excluding hydrogens is 408 g/mol. The molecule has 9 nitrogen and oxygen atoms in total. The number of rotatable bonds is 9. The first-order valence-electron chi connectivity index (χ1n) is 8.98. The third-order valence-corrected chi connectivity index (χ3v) is 5.24. The average Bonchev–Trinajstić information content (AvgIpc) is 3.22. The molecule has 0 saturated heterocycles. The number of amides is 1. The largest absolute Gasteiger partial charge is 0.497 e. The van der Waals surface area contributed by atoms with Crippen molar-refractivity contribution in [3.05, 3.63) is 70.1 Å². The number of aromatic nitrogens is 2. The fraction of sp³-hybridized carbons (Fsp3) is 0.250. The molecule has 1 amide bonds. The van der Waals surface area contributed by atoms with Gasteiger partial charge in [-0.3, -0.25) is 14.9 Å². The summed E-state index contributed by atoms with van der Waals surface area (Å²) in [5.41, 5.74) is 1.76. The van der Waals surface area contributed by atoms with E-state index in [4.69, 9.17) is 9.26 Å². The fourth-order valence-corrected chi connectivity index (χ4v) is 3.47. The number of nitro groups is 1. The number of thioether (sulfide) groups is 1. The smallest absolute Gasteiger partial charge is 0.269 e. The number of carbonyl (C=O) groups excluding carboxylic acids is 1. The van der Waals surface area contributed by atoms with Crippen LogP contribution in [0.3, 0.4) is 0 Å². The van der Waals surface area contributed by atoms with Gasteiger partial charge in [-0.1, -0.05) is 17.3 Å². The van der Waals surface area contributed by atoms with Gasteiger partial charge < -0.3 is 14.2 Å². The zero-order valence-corrected chi connectivity index (χ0v) is 17.3. The van der Waals surface area contributed by atoms with Gasteiger partial charge in [-0.25, -0.2) is 0 Å². The summed E-state index contributed by atoms with van der Waals surface area (Å²) in [5.74, 6) is 2.30. The quantitative estimate of drug-likeness (QED) is 0.376. The van der Waals surface area contributed by atoms with Crippen LogP contribution in [0, 0.1) is 10.1 Å². The minimum atomic E-state index is -0.438. The van der Waals surface area contributed by atoms with Crippen LogP contribution in [0.2, 0.25) is 0 Å². The number of nitrogens with zero attached hydrogens (tertiary/aromatic N) is 4. The van der Waals surface area contributed by atoms with Crippen molar-refractivity contribution < 1.29 is 19.0 Å². The number of carbonyl (C=O) groups is 1. The van der Waals surface area contributed by atoms with Crippen LogP contribution in [0.25, 0.3) is 11.4 Å². The molecule has 3 rings (SSSR count). The van der Waals surface area contributed by atoms with Crippen LogP contribution in [0.5, 0.6) is 5.75 Å². The summed E-state index contributed by atoms with van der Waals surface area (Å²) in [6, 6.07) is 13.6. The van der Waals surface area contributed by atoms with Gasteiger partial charge in [0.1, 0.15) is 5.75 Å². The fourth-order valence-electron chi connectivity index (χ4n) is 2.55. The maximum absolute atomic E-state index is 12.3. The van der Waals surface area contributed by atoms with Crippen molar-refractivity contribution >= 4 is 23.4 Å². The van der Waals surface area contributed by atoms with Gasteiger partial charge in [0.25, 0.3) is 5.69 Å². The minimum Gasteiger partial charge on any atom is -0.497 e. The molecule has 156 valence electrons. The second-order valence-corrected chi connectivity index (χ2v) is 7.39. The highest BCUT2D eigenvalue weighted by molar-refractivity contribution is 7.99. The van der Waals surface area contributed by atoms with Gasteiger partial charge >= 0.3 is 0 Å². The molecule has 2 aromatic carbocycles. The summed E-state index contributed by atoms with van der Waals surface area (Å²) in [6.07, 6.45) is 0. The molecule has 3 aromatic rings. The Morgan fingerprint density at radius 2 is 1.90 bits per heavy atom. The van der Waals surface area contributed by atoms with Crippen LogP contribution in [0.15, 0.2) is 53.1 Å². The Balaban J connectivity index is 1.48. The minimum absolute atomic E-state index is 0.0492. The Bertz CT molecular complexity index is 1000. The molecule has 1 heterocycles. The number of non-ortho nitro benzene ring substituents is 1. The van der Waals surface area contributed by atoms with Gasteiger partial charge in [0.2, 0.25) is 17.6 Å². The van der Waals surface area contributed by atoms with E-state index in [1.54, 1.807) is 26.3 Å². The molecule has 0 aliphatic heterocycles. The molecule has 0 bridgehead atoms. The first-order valence-corrected chi connectivity index (χ1v) is 10.1. The van der Waals surface area contributed by atoms with Crippen LogP contribution in [-0.2, 0) is 17.1 Å². The highest BCUT2D eigenvalue weighted by Gasteiger charge is 2.15. The van der Waals surface area contributed by atoms with Gasteiger partial charge in [0.15, 0.2) is 0 Å². The molecule has 1 aromatic heterocycles.